The summed E-state index contributed by atoms with van der Waals surface area (Å²) in [4.78, 5) is 29.2. The minimum absolute atomic E-state index is 0.0371. The van der Waals surface area contributed by atoms with E-state index in [1.54, 1.807) is 0 Å². The van der Waals surface area contributed by atoms with Gasteiger partial charge in [-0.05, 0) is 11.4 Å². The maximum Gasteiger partial charge on any atom is 0.343 e. The lowest BCUT2D eigenvalue weighted by Crippen LogP contribution is -2.39. The topological polar surface area (TPSA) is 83.6 Å². The molecule has 3 heterocycles. The van der Waals surface area contributed by atoms with Crippen molar-refractivity contribution in [2.45, 2.75) is 18.5 Å². The Labute approximate surface area is 129 Å². The molecule has 0 saturated carbocycles. The first-order chi connectivity index (χ1) is 10.5. The lowest BCUT2D eigenvalue weighted by Gasteiger charge is -2.17. The molecule has 1 unspecified atom stereocenters. The summed E-state index contributed by atoms with van der Waals surface area (Å²) in [7, 11) is 0. The van der Waals surface area contributed by atoms with Crippen LogP contribution < -0.4 is 0 Å². The summed E-state index contributed by atoms with van der Waals surface area (Å²) >= 11 is 1.47. The van der Waals surface area contributed by atoms with Gasteiger partial charge < -0.3 is 14.4 Å². The number of nitrogens with zero attached hydrogens (tertiary/aromatic N) is 2. The number of aliphatic carboxylic acids is 1. The van der Waals surface area contributed by atoms with E-state index in [2.05, 4.69) is 4.98 Å². The van der Waals surface area contributed by atoms with Crippen molar-refractivity contribution in [3.63, 3.8) is 0 Å². The van der Waals surface area contributed by atoms with Crippen molar-refractivity contribution in [2.75, 3.05) is 13.1 Å². The Balaban J connectivity index is 1.65. The summed E-state index contributed by atoms with van der Waals surface area (Å²) in [6, 6.07) is 3.72. The highest BCUT2D eigenvalue weighted by Crippen LogP contribution is 2.27. The Morgan fingerprint density at radius 3 is 3.00 bits per heavy atom. The number of hydrogen-bond donors (Lipinski definition) is 1. The Hall–Kier alpha value is -2.22. The van der Waals surface area contributed by atoms with Gasteiger partial charge in [0.05, 0.1) is 23.5 Å². The van der Waals surface area contributed by atoms with Gasteiger partial charge in [0.1, 0.15) is 6.26 Å². The van der Waals surface area contributed by atoms with E-state index in [1.807, 2.05) is 17.5 Å². The molecule has 0 radical (unpaired) electrons. The van der Waals surface area contributed by atoms with E-state index in [4.69, 9.17) is 9.52 Å². The van der Waals surface area contributed by atoms with E-state index in [0.717, 1.165) is 4.88 Å². The summed E-state index contributed by atoms with van der Waals surface area (Å²) < 4.78 is 19.3. The molecule has 1 aliphatic rings. The van der Waals surface area contributed by atoms with E-state index in [9.17, 15) is 14.0 Å². The lowest BCUT2D eigenvalue weighted by molar-refractivity contribution is -0.150. The number of carboxylic acids is 1. The highest BCUT2D eigenvalue weighted by Gasteiger charge is 2.46. The number of oxazole rings is 1. The van der Waals surface area contributed by atoms with Crippen LogP contribution in [0.15, 0.2) is 28.2 Å². The third kappa shape index (κ3) is 2.74. The molecular weight excluding hydrogens is 311 g/mol. The number of aromatic nitrogens is 1. The van der Waals surface area contributed by atoms with Crippen molar-refractivity contribution in [3.8, 4) is 10.8 Å². The first kappa shape index (κ1) is 14.7. The number of carboxylic acid groups (broad SMARTS) is 1. The van der Waals surface area contributed by atoms with Crippen LogP contribution in [-0.2, 0) is 16.0 Å². The van der Waals surface area contributed by atoms with E-state index in [0.29, 0.717) is 11.6 Å². The molecule has 8 heteroatoms. The SMILES string of the molecule is O=C(Cc1coc(-c2cccs2)n1)N1CCC(F)(C(=O)O)C1. The first-order valence-electron chi connectivity index (χ1n) is 6.66. The van der Waals surface area contributed by atoms with Gasteiger partial charge >= 0.3 is 5.97 Å². The number of halogens is 1. The highest BCUT2D eigenvalue weighted by molar-refractivity contribution is 7.13. The van der Waals surface area contributed by atoms with Crippen LogP contribution in [0.1, 0.15) is 12.1 Å². The van der Waals surface area contributed by atoms with Crippen molar-refractivity contribution >= 4 is 23.2 Å². The van der Waals surface area contributed by atoms with Gasteiger partial charge in [0.15, 0.2) is 0 Å². The molecule has 3 rings (SSSR count). The van der Waals surface area contributed by atoms with Crippen LogP contribution in [0.4, 0.5) is 4.39 Å². The van der Waals surface area contributed by atoms with Gasteiger partial charge in [0, 0.05) is 13.0 Å². The first-order valence-corrected chi connectivity index (χ1v) is 7.54. The second kappa shape index (κ2) is 5.53. The average Bonchev–Trinajstić information content (AvgIpc) is 3.17. The number of carbonyl (C=O) groups excluding carboxylic acids is 1. The molecule has 0 bridgehead atoms. The van der Waals surface area contributed by atoms with E-state index in [1.165, 1.54) is 22.5 Å². The zero-order valence-electron chi connectivity index (χ0n) is 11.5. The number of hydrogen-bond acceptors (Lipinski definition) is 5. The summed E-state index contributed by atoms with van der Waals surface area (Å²) in [5.41, 5.74) is -1.90. The molecule has 1 fully saturated rings. The third-order valence-electron chi connectivity index (χ3n) is 3.57. The largest absolute Gasteiger partial charge is 0.479 e. The van der Waals surface area contributed by atoms with Gasteiger partial charge in [-0.2, -0.15) is 0 Å². The second-order valence-electron chi connectivity index (χ2n) is 5.13. The normalized spacial score (nSPS) is 21.2. The number of carbonyl (C=O) groups is 2. The van der Waals surface area contributed by atoms with E-state index in [-0.39, 0.29) is 25.3 Å². The van der Waals surface area contributed by atoms with Gasteiger partial charge in [-0.3, -0.25) is 4.79 Å². The molecule has 1 saturated heterocycles. The Morgan fingerprint density at radius 1 is 1.55 bits per heavy atom. The van der Waals surface area contributed by atoms with E-state index >= 15 is 0 Å². The van der Waals surface area contributed by atoms with Crippen LogP contribution >= 0.6 is 11.3 Å². The van der Waals surface area contributed by atoms with Gasteiger partial charge in [-0.1, -0.05) is 6.07 Å². The van der Waals surface area contributed by atoms with Gasteiger partial charge in [0.2, 0.25) is 17.5 Å². The molecule has 22 heavy (non-hydrogen) atoms. The van der Waals surface area contributed by atoms with Crippen LogP contribution in [0.5, 0.6) is 0 Å². The highest BCUT2D eigenvalue weighted by atomic mass is 32.1. The fourth-order valence-electron chi connectivity index (χ4n) is 2.33. The monoisotopic (exact) mass is 324 g/mol. The molecule has 2 aromatic rings. The fourth-order valence-corrected chi connectivity index (χ4v) is 2.98. The molecule has 0 spiro atoms. The Morgan fingerprint density at radius 2 is 2.36 bits per heavy atom. The van der Waals surface area contributed by atoms with Crippen molar-refractivity contribution in [1.82, 2.24) is 9.88 Å². The van der Waals surface area contributed by atoms with Crippen LogP contribution in [0.25, 0.3) is 10.8 Å². The summed E-state index contributed by atoms with van der Waals surface area (Å²) in [6.07, 6.45) is 1.17. The molecule has 1 aliphatic heterocycles. The molecule has 6 nitrogen and oxygen atoms in total. The number of likely N-dealkylation sites (tertiary alicyclic amines) is 1. The summed E-state index contributed by atoms with van der Waals surface area (Å²) in [6.45, 7) is -0.325. The standard InChI is InChI=1S/C14H13FN2O4S/c15-14(13(19)20)3-4-17(8-14)11(18)6-9-7-21-12(16-9)10-2-1-5-22-10/h1-2,5,7H,3-4,6,8H2,(H,19,20). The molecular formula is C14H13FN2O4S. The smallest absolute Gasteiger partial charge is 0.343 e. The molecule has 1 N–H and O–H groups in total. The zero-order chi connectivity index (χ0) is 15.7. The van der Waals surface area contributed by atoms with Crippen molar-refractivity contribution in [1.29, 1.82) is 0 Å². The Bertz CT molecular complexity index is 700. The second-order valence-corrected chi connectivity index (χ2v) is 6.08. The van der Waals surface area contributed by atoms with Crippen LogP contribution in [0.2, 0.25) is 0 Å². The number of amides is 1. The minimum atomic E-state index is -2.35. The predicted octanol–water partition coefficient (Wildman–Crippen LogP) is 1.97. The molecule has 1 amide bonds. The molecule has 116 valence electrons. The van der Waals surface area contributed by atoms with Gasteiger partial charge in [-0.25, -0.2) is 14.2 Å². The molecule has 2 aromatic heterocycles. The van der Waals surface area contributed by atoms with Crippen LogP contribution in [0.3, 0.4) is 0 Å². The maximum absolute atomic E-state index is 13.9. The predicted molar refractivity (Wildman–Crippen MR) is 76.2 cm³/mol. The number of thiophene rings is 1. The average molecular weight is 324 g/mol. The number of rotatable bonds is 4. The van der Waals surface area contributed by atoms with Crippen molar-refractivity contribution < 1.29 is 23.5 Å². The number of alkyl halides is 1. The minimum Gasteiger partial charge on any atom is -0.479 e. The maximum atomic E-state index is 13.9. The molecule has 1 atom stereocenters. The van der Waals surface area contributed by atoms with Crippen molar-refractivity contribution in [2.24, 2.45) is 0 Å². The zero-order valence-corrected chi connectivity index (χ0v) is 12.3. The van der Waals surface area contributed by atoms with Gasteiger partial charge in [0.25, 0.3) is 0 Å². The molecule has 0 aromatic carbocycles. The molecule has 0 aliphatic carbocycles. The fraction of sp³-hybridized carbons (Fsp3) is 0.357. The van der Waals surface area contributed by atoms with Gasteiger partial charge in [-0.15, -0.1) is 11.3 Å². The van der Waals surface area contributed by atoms with Crippen LogP contribution in [0, 0.1) is 0 Å². The van der Waals surface area contributed by atoms with Crippen LogP contribution in [-0.4, -0.2) is 45.6 Å². The summed E-state index contributed by atoms with van der Waals surface area (Å²) in [5, 5.41) is 10.7. The van der Waals surface area contributed by atoms with E-state index < -0.39 is 18.2 Å². The summed E-state index contributed by atoms with van der Waals surface area (Å²) in [5.74, 6) is -1.44. The van der Waals surface area contributed by atoms with Crippen molar-refractivity contribution in [3.05, 3.63) is 29.5 Å². The quantitative estimate of drug-likeness (QED) is 0.929. The third-order valence-corrected chi connectivity index (χ3v) is 4.43. The Kier molecular flexibility index (Phi) is 3.69. The lowest BCUT2D eigenvalue weighted by atomic mass is 10.1.